The number of nitrogens with zero attached hydrogens (tertiary/aromatic N) is 1. The number of nitrogens with one attached hydrogen (secondary N) is 1. The highest BCUT2D eigenvalue weighted by atomic mass is 35.5. The Kier molecular flexibility index (Phi) is 8.11. The highest BCUT2D eigenvalue weighted by molar-refractivity contribution is 5.92. The molecule has 0 aromatic heterocycles. The second-order valence-electron chi connectivity index (χ2n) is 6.86. The Labute approximate surface area is 172 Å². The number of anilines is 1. The number of ether oxygens (including phenoxy) is 2. The quantitative estimate of drug-likeness (QED) is 0.740. The molecule has 7 heteroatoms. The number of nitrogens with two attached hydrogens (primary N) is 1. The lowest BCUT2D eigenvalue weighted by Gasteiger charge is -2.17. The van der Waals surface area contributed by atoms with Crippen molar-refractivity contribution in [1.82, 2.24) is 4.90 Å². The minimum Gasteiger partial charge on any atom is -0.497 e. The first-order valence-electron chi connectivity index (χ1n) is 9.13. The van der Waals surface area contributed by atoms with E-state index in [2.05, 4.69) is 34.5 Å². The van der Waals surface area contributed by atoms with Crippen LogP contribution in [-0.4, -0.2) is 51.2 Å². The molecule has 1 saturated heterocycles. The Morgan fingerprint density at radius 3 is 2.32 bits per heavy atom. The third kappa shape index (κ3) is 5.38. The summed E-state index contributed by atoms with van der Waals surface area (Å²) in [5, 5.41) is 2.93. The Bertz CT molecular complexity index is 750. The van der Waals surface area contributed by atoms with Crippen LogP contribution in [-0.2, 0) is 4.79 Å². The predicted octanol–water partition coefficient (Wildman–Crippen LogP) is 2.74. The normalized spacial score (nSPS) is 19.0. The van der Waals surface area contributed by atoms with Crippen LogP contribution < -0.4 is 20.5 Å². The van der Waals surface area contributed by atoms with Crippen molar-refractivity contribution >= 4 is 24.0 Å². The van der Waals surface area contributed by atoms with E-state index < -0.39 is 0 Å². The molecular weight excluding hydrogens is 378 g/mol. The van der Waals surface area contributed by atoms with Gasteiger partial charge in [-0.15, -0.1) is 12.4 Å². The Balaban J connectivity index is 0.00000280. The fourth-order valence-electron chi connectivity index (χ4n) is 3.69. The summed E-state index contributed by atoms with van der Waals surface area (Å²) in [5.41, 5.74) is 7.93. The van der Waals surface area contributed by atoms with Crippen LogP contribution in [0.5, 0.6) is 11.5 Å². The molecule has 0 spiro atoms. The highest BCUT2D eigenvalue weighted by Gasteiger charge is 2.33. The van der Waals surface area contributed by atoms with Crippen molar-refractivity contribution in [2.45, 2.75) is 5.92 Å². The van der Waals surface area contributed by atoms with Crippen molar-refractivity contribution in [2.75, 3.05) is 45.7 Å². The molecule has 2 aromatic carbocycles. The summed E-state index contributed by atoms with van der Waals surface area (Å²) in [6.07, 6.45) is 0. The molecule has 1 amide bonds. The molecule has 1 heterocycles. The van der Waals surface area contributed by atoms with E-state index in [0.29, 0.717) is 42.1 Å². The first-order chi connectivity index (χ1) is 13.1. The standard InChI is InChI=1S/C21H27N3O3.ClH/c1-26-18-8-17(9-19(10-18)27-2)23-21(25)14-24-12-16(11-22)20(13-24)15-6-4-3-5-7-15;/h3-10,16,20H,11-14,22H2,1-2H3,(H,23,25);1H/t16-,20+;/m1./s1. The zero-order chi connectivity index (χ0) is 19.2. The second kappa shape index (κ2) is 10.3. The van der Waals surface area contributed by atoms with Crippen LogP contribution in [0.1, 0.15) is 11.5 Å². The maximum Gasteiger partial charge on any atom is 0.238 e. The van der Waals surface area contributed by atoms with Gasteiger partial charge in [0.1, 0.15) is 11.5 Å². The molecule has 2 aromatic rings. The van der Waals surface area contributed by atoms with Gasteiger partial charge in [0, 0.05) is 42.9 Å². The van der Waals surface area contributed by atoms with Crippen molar-refractivity contribution in [1.29, 1.82) is 0 Å². The highest BCUT2D eigenvalue weighted by Crippen LogP contribution is 2.32. The largest absolute Gasteiger partial charge is 0.497 e. The average molecular weight is 406 g/mol. The van der Waals surface area contributed by atoms with E-state index in [1.165, 1.54) is 5.56 Å². The van der Waals surface area contributed by atoms with Crippen molar-refractivity contribution < 1.29 is 14.3 Å². The van der Waals surface area contributed by atoms with Crippen molar-refractivity contribution in [3.8, 4) is 11.5 Å². The van der Waals surface area contributed by atoms with Crippen LogP contribution in [0, 0.1) is 5.92 Å². The van der Waals surface area contributed by atoms with E-state index in [1.54, 1.807) is 32.4 Å². The number of likely N-dealkylation sites (tertiary alicyclic amines) is 1. The molecule has 3 rings (SSSR count). The minimum atomic E-state index is -0.0604. The van der Waals surface area contributed by atoms with Gasteiger partial charge in [0.05, 0.1) is 20.8 Å². The number of amides is 1. The zero-order valence-electron chi connectivity index (χ0n) is 16.3. The summed E-state index contributed by atoms with van der Waals surface area (Å²) in [7, 11) is 3.17. The van der Waals surface area contributed by atoms with E-state index >= 15 is 0 Å². The lowest BCUT2D eigenvalue weighted by atomic mass is 9.89. The monoisotopic (exact) mass is 405 g/mol. The summed E-state index contributed by atoms with van der Waals surface area (Å²) < 4.78 is 10.5. The summed E-state index contributed by atoms with van der Waals surface area (Å²) >= 11 is 0. The van der Waals surface area contributed by atoms with Gasteiger partial charge in [-0.05, 0) is 18.0 Å². The molecule has 1 fully saturated rings. The van der Waals surface area contributed by atoms with E-state index in [4.69, 9.17) is 15.2 Å². The van der Waals surface area contributed by atoms with Gasteiger partial charge in [0.15, 0.2) is 0 Å². The van der Waals surface area contributed by atoms with Crippen LogP contribution in [0.25, 0.3) is 0 Å². The number of rotatable bonds is 7. The van der Waals surface area contributed by atoms with Gasteiger partial charge in [-0.2, -0.15) is 0 Å². The van der Waals surface area contributed by atoms with Gasteiger partial charge in [0.25, 0.3) is 0 Å². The van der Waals surface area contributed by atoms with Crippen LogP contribution in [0.15, 0.2) is 48.5 Å². The molecule has 0 bridgehead atoms. The van der Waals surface area contributed by atoms with Crippen molar-refractivity contribution in [3.05, 3.63) is 54.1 Å². The van der Waals surface area contributed by atoms with Gasteiger partial charge in [0.2, 0.25) is 5.91 Å². The molecule has 28 heavy (non-hydrogen) atoms. The van der Waals surface area contributed by atoms with Gasteiger partial charge in [-0.1, -0.05) is 30.3 Å². The Hall–Kier alpha value is -2.28. The first-order valence-corrected chi connectivity index (χ1v) is 9.13. The van der Waals surface area contributed by atoms with Crippen LogP contribution >= 0.6 is 12.4 Å². The molecule has 2 atom stereocenters. The number of carbonyl (C=O) groups excluding carboxylic acids is 1. The summed E-state index contributed by atoms with van der Waals surface area (Å²) in [4.78, 5) is 14.7. The van der Waals surface area contributed by atoms with E-state index in [9.17, 15) is 4.79 Å². The van der Waals surface area contributed by atoms with Crippen LogP contribution in [0.4, 0.5) is 5.69 Å². The number of hydrogen-bond acceptors (Lipinski definition) is 5. The molecule has 1 aliphatic rings. The molecule has 6 nitrogen and oxygen atoms in total. The minimum absolute atomic E-state index is 0. The summed E-state index contributed by atoms with van der Waals surface area (Å²) in [5.74, 6) is 1.93. The number of hydrogen-bond donors (Lipinski definition) is 2. The fraction of sp³-hybridized carbons (Fsp3) is 0.381. The number of halogens is 1. The third-order valence-electron chi connectivity index (χ3n) is 5.05. The van der Waals surface area contributed by atoms with Gasteiger partial charge in [-0.3, -0.25) is 9.69 Å². The molecule has 1 aliphatic heterocycles. The average Bonchev–Trinajstić information content (AvgIpc) is 3.10. The molecule has 0 unspecified atom stereocenters. The number of methoxy groups -OCH3 is 2. The Morgan fingerprint density at radius 1 is 1.11 bits per heavy atom. The third-order valence-corrected chi connectivity index (χ3v) is 5.05. The summed E-state index contributed by atoms with van der Waals surface area (Å²) in [6.45, 7) is 2.61. The Morgan fingerprint density at radius 2 is 1.75 bits per heavy atom. The first kappa shape index (κ1) is 22.0. The van der Waals surface area contributed by atoms with E-state index in [-0.39, 0.29) is 18.3 Å². The lowest BCUT2D eigenvalue weighted by molar-refractivity contribution is -0.117. The van der Waals surface area contributed by atoms with E-state index in [1.807, 2.05) is 6.07 Å². The predicted molar refractivity (Wildman–Crippen MR) is 114 cm³/mol. The van der Waals surface area contributed by atoms with Crippen molar-refractivity contribution in [2.24, 2.45) is 11.7 Å². The smallest absolute Gasteiger partial charge is 0.238 e. The van der Waals surface area contributed by atoms with E-state index in [0.717, 1.165) is 13.1 Å². The van der Waals surface area contributed by atoms with Crippen molar-refractivity contribution in [3.63, 3.8) is 0 Å². The zero-order valence-corrected chi connectivity index (χ0v) is 17.1. The number of benzene rings is 2. The number of carbonyl (C=O) groups is 1. The molecular formula is C21H28ClN3O3. The fourth-order valence-corrected chi connectivity index (χ4v) is 3.69. The van der Waals surface area contributed by atoms with Gasteiger partial charge >= 0.3 is 0 Å². The van der Waals surface area contributed by atoms with Gasteiger partial charge < -0.3 is 20.5 Å². The topological polar surface area (TPSA) is 76.8 Å². The molecule has 152 valence electrons. The molecule has 3 N–H and O–H groups in total. The second-order valence-corrected chi connectivity index (χ2v) is 6.86. The van der Waals surface area contributed by atoms with Crippen LogP contribution in [0.2, 0.25) is 0 Å². The lowest BCUT2D eigenvalue weighted by Crippen LogP contribution is -2.32. The molecule has 0 aliphatic carbocycles. The maximum absolute atomic E-state index is 12.5. The molecule has 0 radical (unpaired) electrons. The molecule has 0 saturated carbocycles. The van der Waals surface area contributed by atoms with Crippen LogP contribution in [0.3, 0.4) is 0 Å². The maximum atomic E-state index is 12.5. The SMILES string of the molecule is COc1cc(NC(=O)CN2C[C@@H](CN)[C@H](c3ccccc3)C2)cc(OC)c1.Cl. The summed E-state index contributed by atoms with van der Waals surface area (Å²) in [6, 6.07) is 15.7. The van der Waals surface area contributed by atoms with Gasteiger partial charge in [-0.25, -0.2) is 0 Å².